The van der Waals surface area contributed by atoms with Gasteiger partial charge >= 0.3 is 5.69 Å². The predicted molar refractivity (Wildman–Crippen MR) is 117 cm³/mol. The molecule has 0 unspecified atom stereocenters. The van der Waals surface area contributed by atoms with Gasteiger partial charge in [0.15, 0.2) is 21.4 Å². The fraction of sp³-hybridized carbons (Fsp3) is 0.0526. The van der Waals surface area contributed by atoms with E-state index < -0.39 is 0 Å². The number of halogens is 5. The van der Waals surface area contributed by atoms with E-state index in [1.807, 2.05) is 30.3 Å². The summed E-state index contributed by atoms with van der Waals surface area (Å²) in [5, 5.41) is 13.6. The molecule has 0 aromatic heterocycles. The van der Waals surface area contributed by atoms with E-state index in [0.717, 1.165) is 5.56 Å². The highest BCUT2D eigenvalue weighted by Crippen LogP contribution is 2.52. The van der Waals surface area contributed by atoms with Crippen LogP contribution in [0.15, 0.2) is 63.5 Å². The number of nitrogens with zero attached hydrogens (tertiary/aromatic N) is 2. The molecule has 0 spiro atoms. The molecule has 0 fully saturated rings. The molecule has 0 amide bonds. The Morgan fingerprint density at radius 1 is 0.964 bits per heavy atom. The number of rotatable bonds is 5. The van der Waals surface area contributed by atoms with Crippen LogP contribution in [-0.2, 0) is 6.54 Å². The van der Waals surface area contributed by atoms with Crippen LogP contribution in [0.2, 0.25) is 10.0 Å². The largest absolute Gasteiger partial charge is 1.00 e. The predicted octanol–water partition coefficient (Wildman–Crippen LogP) is 5.41. The molecule has 0 aliphatic carbocycles. The Hall–Kier alpha value is -1.49. The number of hydrogen-bond donors (Lipinski definition) is 1. The zero-order valence-corrected chi connectivity index (χ0v) is 19.5. The topological polar surface area (TPSA) is 49.4 Å². The van der Waals surface area contributed by atoms with E-state index >= 15 is 0 Å². The van der Waals surface area contributed by atoms with Crippen LogP contribution in [0.4, 0.5) is 11.4 Å². The van der Waals surface area contributed by atoms with Crippen molar-refractivity contribution in [3.05, 3.63) is 84.1 Å². The van der Waals surface area contributed by atoms with Crippen LogP contribution in [0.3, 0.4) is 0 Å². The molecule has 3 rings (SSSR count). The van der Waals surface area contributed by atoms with Gasteiger partial charge in [0.1, 0.15) is 5.75 Å². The first-order chi connectivity index (χ1) is 13.0. The van der Waals surface area contributed by atoms with Gasteiger partial charge < -0.3 is 22.5 Å². The Balaban J connectivity index is 0.00000280. The fourth-order valence-electron chi connectivity index (χ4n) is 2.39. The molecule has 0 aliphatic rings. The molecule has 0 saturated heterocycles. The second-order valence-corrected chi connectivity index (χ2v) is 7.89. The van der Waals surface area contributed by atoms with Gasteiger partial charge in [0, 0.05) is 11.6 Å². The SMILES string of the molecule is N#[N+]c1c(Cl)c(Br)c(Br)c(Oc2ccc(Cl)cc2)c1NCc1ccccc1.[Cl-]. The van der Waals surface area contributed by atoms with Crippen molar-refractivity contribution in [3.8, 4) is 11.5 Å². The van der Waals surface area contributed by atoms with Crippen LogP contribution >= 0.6 is 55.1 Å². The molecule has 0 atom stereocenters. The third-order valence-electron chi connectivity index (χ3n) is 3.70. The van der Waals surface area contributed by atoms with Crippen LogP contribution in [0.25, 0.3) is 4.98 Å². The van der Waals surface area contributed by atoms with Crippen LogP contribution in [-0.4, -0.2) is 0 Å². The average molecular weight is 564 g/mol. The summed E-state index contributed by atoms with van der Waals surface area (Å²) in [6, 6.07) is 16.8. The zero-order chi connectivity index (χ0) is 19.4. The lowest BCUT2D eigenvalue weighted by molar-refractivity contribution is -0.00000559. The van der Waals surface area contributed by atoms with Crippen molar-refractivity contribution in [3.63, 3.8) is 0 Å². The quantitative estimate of drug-likeness (QED) is 0.333. The lowest BCUT2D eigenvalue weighted by Crippen LogP contribution is -3.00. The third kappa shape index (κ3) is 5.11. The summed E-state index contributed by atoms with van der Waals surface area (Å²) in [6.45, 7) is 0.491. The number of hydrogen-bond acceptors (Lipinski definition) is 3. The van der Waals surface area contributed by atoms with Gasteiger partial charge in [-0.25, -0.2) is 0 Å². The molecule has 3 aromatic rings. The van der Waals surface area contributed by atoms with Crippen molar-refractivity contribution in [2.75, 3.05) is 5.32 Å². The minimum absolute atomic E-state index is 0. The Labute approximate surface area is 195 Å². The molecule has 4 nitrogen and oxygen atoms in total. The summed E-state index contributed by atoms with van der Waals surface area (Å²) in [6.07, 6.45) is 0. The van der Waals surface area contributed by atoms with E-state index in [-0.39, 0.29) is 23.1 Å². The highest BCUT2D eigenvalue weighted by atomic mass is 79.9. The summed E-state index contributed by atoms with van der Waals surface area (Å²) >= 11 is 19.2. The maximum absolute atomic E-state index is 9.53. The molecular formula is C19H12Br2Cl3N3O. The van der Waals surface area contributed by atoms with Crippen molar-refractivity contribution >= 4 is 66.4 Å². The second kappa shape index (κ2) is 10.3. The molecule has 3 aromatic carbocycles. The summed E-state index contributed by atoms with van der Waals surface area (Å²) in [5.41, 5.74) is 1.68. The van der Waals surface area contributed by atoms with E-state index in [2.05, 4.69) is 42.2 Å². The van der Waals surface area contributed by atoms with E-state index in [0.29, 0.717) is 37.7 Å². The van der Waals surface area contributed by atoms with Gasteiger partial charge in [0.05, 0.1) is 8.95 Å². The van der Waals surface area contributed by atoms with Gasteiger partial charge in [-0.15, -0.1) is 0 Å². The normalized spacial score (nSPS) is 9.96. The minimum Gasteiger partial charge on any atom is -1.00 e. The lowest BCUT2D eigenvalue weighted by Gasteiger charge is -2.15. The van der Waals surface area contributed by atoms with E-state index in [1.54, 1.807) is 24.3 Å². The highest BCUT2D eigenvalue weighted by Gasteiger charge is 2.31. The summed E-state index contributed by atoms with van der Waals surface area (Å²) < 4.78 is 7.14. The third-order valence-corrected chi connectivity index (χ3v) is 6.63. The minimum atomic E-state index is 0. The van der Waals surface area contributed by atoms with Crippen LogP contribution in [0, 0.1) is 5.39 Å². The molecule has 1 N–H and O–H groups in total. The molecule has 28 heavy (non-hydrogen) atoms. The van der Waals surface area contributed by atoms with E-state index in [1.165, 1.54) is 0 Å². The van der Waals surface area contributed by atoms with Gasteiger partial charge in [-0.1, -0.05) is 53.5 Å². The Kier molecular flexibility index (Phi) is 8.41. The first-order valence-corrected chi connectivity index (χ1v) is 10.1. The number of benzene rings is 3. The average Bonchev–Trinajstić information content (AvgIpc) is 2.69. The maximum Gasteiger partial charge on any atom is 0.431 e. The fourth-order valence-corrected chi connectivity index (χ4v) is 3.70. The number of diazo groups is 1. The number of nitrogens with one attached hydrogen (secondary N) is 1. The Morgan fingerprint density at radius 3 is 2.21 bits per heavy atom. The van der Waals surface area contributed by atoms with Gasteiger partial charge in [0.25, 0.3) is 0 Å². The summed E-state index contributed by atoms with van der Waals surface area (Å²) in [7, 11) is 0. The van der Waals surface area contributed by atoms with Gasteiger partial charge in [-0.2, -0.15) is 0 Å². The molecule has 0 aliphatic heterocycles. The molecule has 0 heterocycles. The molecule has 0 radical (unpaired) electrons. The Morgan fingerprint density at radius 2 is 1.61 bits per heavy atom. The molecule has 0 bridgehead atoms. The van der Waals surface area contributed by atoms with Crippen molar-refractivity contribution < 1.29 is 17.1 Å². The van der Waals surface area contributed by atoms with Crippen LogP contribution in [0.5, 0.6) is 11.5 Å². The highest BCUT2D eigenvalue weighted by molar-refractivity contribution is 9.13. The smallest absolute Gasteiger partial charge is 0.431 e. The Bertz CT molecular complexity index is 1010. The monoisotopic (exact) mass is 561 g/mol. The first kappa shape index (κ1) is 22.8. The van der Waals surface area contributed by atoms with Crippen molar-refractivity contribution in [1.82, 2.24) is 0 Å². The van der Waals surface area contributed by atoms with E-state index in [9.17, 15) is 5.39 Å². The standard InChI is InChI=1S/C19H12Br2Cl2N3O.ClH/c20-14-15(21)19(27-13-8-6-12(22)7-9-13)18(17(26-24)16(14)23)25-10-11-4-2-1-3-5-11;/h1-9,25H,10H2;1H/q+1;/p-1. The summed E-state index contributed by atoms with van der Waals surface area (Å²) in [4.78, 5) is 3.35. The van der Waals surface area contributed by atoms with Crippen LogP contribution in [0.1, 0.15) is 5.56 Å². The van der Waals surface area contributed by atoms with Crippen molar-refractivity contribution in [2.45, 2.75) is 6.54 Å². The van der Waals surface area contributed by atoms with Gasteiger partial charge in [-0.05, 0) is 61.7 Å². The van der Waals surface area contributed by atoms with Gasteiger partial charge in [0.2, 0.25) is 5.39 Å². The molecule has 144 valence electrons. The second-order valence-electron chi connectivity index (χ2n) is 5.49. The zero-order valence-electron chi connectivity index (χ0n) is 14.1. The number of anilines is 1. The number of ether oxygens (including phenoxy) is 1. The maximum atomic E-state index is 9.53. The molecule has 0 saturated carbocycles. The molecule has 9 heteroatoms. The van der Waals surface area contributed by atoms with Crippen LogP contribution < -0.4 is 22.5 Å². The lowest BCUT2D eigenvalue weighted by atomic mass is 10.2. The van der Waals surface area contributed by atoms with E-state index in [4.69, 9.17) is 27.9 Å². The van der Waals surface area contributed by atoms with Gasteiger partial charge in [-0.3, -0.25) is 0 Å². The first-order valence-electron chi connectivity index (χ1n) is 7.78. The summed E-state index contributed by atoms with van der Waals surface area (Å²) in [5.74, 6) is 0.998. The van der Waals surface area contributed by atoms with Crippen molar-refractivity contribution in [1.29, 1.82) is 5.39 Å². The van der Waals surface area contributed by atoms with Crippen molar-refractivity contribution in [2.24, 2.45) is 0 Å². The molecular weight excluding hydrogens is 552 g/mol.